The first-order chi connectivity index (χ1) is 11.8. The van der Waals surface area contributed by atoms with Crippen molar-refractivity contribution < 1.29 is 0 Å². The van der Waals surface area contributed by atoms with E-state index >= 15 is 0 Å². The zero-order chi connectivity index (χ0) is 16.6. The van der Waals surface area contributed by atoms with Crippen molar-refractivity contribution in [2.24, 2.45) is 4.99 Å². The number of rotatable bonds is 6. The number of aliphatic imine (C=N–C) groups is 1. The molecule has 6 heteroatoms. The zero-order valence-electron chi connectivity index (χ0n) is 14.7. The van der Waals surface area contributed by atoms with Gasteiger partial charge >= 0.3 is 0 Å². The van der Waals surface area contributed by atoms with E-state index in [0.29, 0.717) is 0 Å². The molecule has 3 rings (SSSR count). The van der Waals surface area contributed by atoms with Gasteiger partial charge in [-0.15, -0.1) is 35.3 Å². The molecule has 2 heterocycles. The van der Waals surface area contributed by atoms with Crippen LogP contribution in [0.2, 0.25) is 0 Å². The quantitative estimate of drug-likeness (QED) is 0.387. The average molecular weight is 470 g/mol. The van der Waals surface area contributed by atoms with Crippen molar-refractivity contribution in [2.75, 3.05) is 33.2 Å². The standard InChI is InChI=1S/C19H26N4S.HI/c1-20-19(21-10-7-16-5-3-2-4-6-16)22-11-13-23-12-8-18-17(15-23)9-14-24-18;/h2-6,9,14H,7-8,10-13,15H2,1H3,(H2,20,21,22);1H. The van der Waals surface area contributed by atoms with Gasteiger partial charge in [-0.05, 0) is 35.4 Å². The Bertz CT molecular complexity index is 656. The van der Waals surface area contributed by atoms with Crippen molar-refractivity contribution in [2.45, 2.75) is 19.4 Å². The molecule has 136 valence electrons. The number of fused-ring (bicyclic) bond motifs is 1. The van der Waals surface area contributed by atoms with Gasteiger partial charge < -0.3 is 10.6 Å². The molecule has 0 saturated carbocycles. The molecular formula is C19H27IN4S. The van der Waals surface area contributed by atoms with E-state index in [1.807, 2.05) is 18.4 Å². The second kappa shape index (κ2) is 10.8. The van der Waals surface area contributed by atoms with E-state index < -0.39 is 0 Å². The molecule has 0 atom stereocenters. The molecule has 25 heavy (non-hydrogen) atoms. The Labute approximate surface area is 171 Å². The lowest BCUT2D eigenvalue weighted by molar-refractivity contribution is 0.260. The number of thiophene rings is 1. The van der Waals surface area contributed by atoms with E-state index in [2.05, 4.69) is 62.3 Å². The van der Waals surface area contributed by atoms with E-state index in [1.165, 1.54) is 17.5 Å². The number of halogens is 1. The molecule has 0 bridgehead atoms. The van der Waals surface area contributed by atoms with Gasteiger partial charge in [0, 0.05) is 44.6 Å². The summed E-state index contributed by atoms with van der Waals surface area (Å²) >= 11 is 1.90. The molecule has 1 aliphatic rings. The monoisotopic (exact) mass is 470 g/mol. The molecule has 0 aliphatic carbocycles. The zero-order valence-corrected chi connectivity index (χ0v) is 17.8. The van der Waals surface area contributed by atoms with E-state index in [-0.39, 0.29) is 24.0 Å². The summed E-state index contributed by atoms with van der Waals surface area (Å²) in [7, 11) is 1.83. The van der Waals surface area contributed by atoms with Gasteiger partial charge in [-0.3, -0.25) is 9.89 Å². The minimum absolute atomic E-state index is 0. The number of benzene rings is 1. The van der Waals surface area contributed by atoms with Gasteiger partial charge in [-0.1, -0.05) is 30.3 Å². The highest BCUT2D eigenvalue weighted by molar-refractivity contribution is 14.0. The summed E-state index contributed by atoms with van der Waals surface area (Å²) in [6.45, 7) is 5.11. The SMILES string of the molecule is CN=C(NCCc1ccccc1)NCCN1CCc2sccc2C1.I. The highest BCUT2D eigenvalue weighted by Crippen LogP contribution is 2.23. The maximum atomic E-state index is 4.31. The van der Waals surface area contributed by atoms with Gasteiger partial charge in [-0.2, -0.15) is 0 Å². The number of guanidine groups is 1. The Balaban J connectivity index is 0.00000225. The first kappa shape index (κ1) is 20.2. The Morgan fingerprint density at radius 1 is 1.16 bits per heavy atom. The molecule has 0 saturated heterocycles. The van der Waals surface area contributed by atoms with Crippen LogP contribution in [0, 0.1) is 0 Å². The molecule has 0 unspecified atom stereocenters. The Kier molecular flexibility index (Phi) is 8.71. The predicted octanol–water partition coefficient (Wildman–Crippen LogP) is 3.13. The lowest BCUT2D eigenvalue weighted by Crippen LogP contribution is -2.43. The van der Waals surface area contributed by atoms with Crippen LogP contribution in [0.1, 0.15) is 16.0 Å². The topological polar surface area (TPSA) is 39.7 Å². The summed E-state index contributed by atoms with van der Waals surface area (Å²) in [6.07, 6.45) is 2.20. The lowest BCUT2D eigenvalue weighted by Gasteiger charge is -2.27. The summed E-state index contributed by atoms with van der Waals surface area (Å²) in [5.41, 5.74) is 2.86. The number of hydrogen-bond acceptors (Lipinski definition) is 3. The maximum Gasteiger partial charge on any atom is 0.191 e. The van der Waals surface area contributed by atoms with Crippen LogP contribution in [0.15, 0.2) is 46.8 Å². The van der Waals surface area contributed by atoms with E-state index in [4.69, 9.17) is 0 Å². The van der Waals surface area contributed by atoms with Crippen LogP contribution in [0.5, 0.6) is 0 Å². The third-order valence-electron chi connectivity index (χ3n) is 4.38. The minimum Gasteiger partial charge on any atom is -0.356 e. The molecule has 0 radical (unpaired) electrons. The van der Waals surface area contributed by atoms with Crippen molar-refractivity contribution in [3.63, 3.8) is 0 Å². The van der Waals surface area contributed by atoms with E-state index in [1.54, 1.807) is 4.88 Å². The summed E-state index contributed by atoms with van der Waals surface area (Å²) in [6, 6.07) is 12.8. The van der Waals surface area contributed by atoms with Crippen LogP contribution in [-0.4, -0.2) is 44.1 Å². The number of hydrogen-bond donors (Lipinski definition) is 2. The number of nitrogens with one attached hydrogen (secondary N) is 2. The van der Waals surface area contributed by atoms with Gasteiger partial charge in [0.05, 0.1) is 0 Å². The smallest absolute Gasteiger partial charge is 0.191 e. The Morgan fingerprint density at radius 3 is 2.76 bits per heavy atom. The molecule has 2 N–H and O–H groups in total. The normalized spacial score (nSPS) is 14.5. The molecule has 0 amide bonds. The van der Waals surface area contributed by atoms with Crippen molar-refractivity contribution in [1.29, 1.82) is 0 Å². The molecule has 0 spiro atoms. The summed E-state index contributed by atoms with van der Waals surface area (Å²) in [5, 5.41) is 9.02. The fraction of sp³-hybridized carbons (Fsp3) is 0.421. The van der Waals surface area contributed by atoms with Gasteiger partial charge in [0.2, 0.25) is 0 Å². The molecule has 1 aromatic carbocycles. The van der Waals surface area contributed by atoms with Gasteiger partial charge in [0.15, 0.2) is 5.96 Å². The Morgan fingerprint density at radius 2 is 1.96 bits per heavy atom. The van der Waals surface area contributed by atoms with Crippen LogP contribution < -0.4 is 10.6 Å². The molecule has 1 aromatic heterocycles. The predicted molar refractivity (Wildman–Crippen MR) is 118 cm³/mol. The largest absolute Gasteiger partial charge is 0.356 e. The van der Waals surface area contributed by atoms with E-state index in [9.17, 15) is 0 Å². The molecule has 1 aliphatic heterocycles. The van der Waals surface area contributed by atoms with Crippen molar-refractivity contribution in [3.05, 3.63) is 57.8 Å². The van der Waals surface area contributed by atoms with Crippen molar-refractivity contribution in [1.82, 2.24) is 15.5 Å². The first-order valence-corrected chi connectivity index (χ1v) is 9.49. The van der Waals surface area contributed by atoms with Gasteiger partial charge in [0.25, 0.3) is 0 Å². The van der Waals surface area contributed by atoms with Crippen LogP contribution in [0.4, 0.5) is 0 Å². The maximum absolute atomic E-state index is 4.31. The first-order valence-electron chi connectivity index (χ1n) is 8.61. The van der Waals surface area contributed by atoms with Crippen molar-refractivity contribution in [3.8, 4) is 0 Å². The van der Waals surface area contributed by atoms with Crippen molar-refractivity contribution >= 4 is 41.3 Å². The molecular weight excluding hydrogens is 443 g/mol. The second-order valence-corrected chi connectivity index (χ2v) is 7.06. The Hall–Kier alpha value is -1.12. The molecule has 4 nitrogen and oxygen atoms in total. The van der Waals surface area contributed by atoms with Gasteiger partial charge in [-0.25, -0.2) is 0 Å². The summed E-state index contributed by atoms with van der Waals surface area (Å²) in [5.74, 6) is 0.888. The van der Waals surface area contributed by atoms with Crippen LogP contribution in [0.3, 0.4) is 0 Å². The lowest BCUT2D eigenvalue weighted by atomic mass is 10.1. The van der Waals surface area contributed by atoms with Crippen LogP contribution >= 0.6 is 35.3 Å². The van der Waals surface area contributed by atoms with E-state index in [0.717, 1.165) is 45.1 Å². The third-order valence-corrected chi connectivity index (χ3v) is 5.40. The summed E-state index contributed by atoms with van der Waals surface area (Å²) in [4.78, 5) is 8.39. The molecule has 2 aromatic rings. The average Bonchev–Trinajstić information content (AvgIpc) is 3.09. The highest BCUT2D eigenvalue weighted by atomic mass is 127. The third kappa shape index (κ3) is 6.27. The minimum atomic E-state index is 0. The number of nitrogens with zero attached hydrogens (tertiary/aromatic N) is 2. The van der Waals surface area contributed by atoms with Crippen LogP contribution in [-0.2, 0) is 19.4 Å². The van der Waals surface area contributed by atoms with Crippen LogP contribution in [0.25, 0.3) is 0 Å². The van der Waals surface area contributed by atoms with Gasteiger partial charge in [0.1, 0.15) is 0 Å². The second-order valence-electron chi connectivity index (χ2n) is 6.06. The highest BCUT2D eigenvalue weighted by Gasteiger charge is 2.16. The fourth-order valence-corrected chi connectivity index (χ4v) is 3.91. The summed E-state index contributed by atoms with van der Waals surface area (Å²) < 4.78 is 0. The fourth-order valence-electron chi connectivity index (χ4n) is 3.02. The molecule has 0 fully saturated rings.